The fourth-order valence-electron chi connectivity index (χ4n) is 2.06. The highest BCUT2D eigenvalue weighted by Gasteiger charge is 2.26. The Morgan fingerprint density at radius 3 is 1.88 bits per heavy atom. The monoisotopic (exact) mass is 359 g/mol. The van der Waals surface area contributed by atoms with E-state index in [9.17, 15) is 9.59 Å². The molecule has 2 amide bonds. The van der Waals surface area contributed by atoms with Gasteiger partial charge in [-0.05, 0) is 54.4 Å². The average Bonchev–Trinajstić information content (AvgIpc) is 2.38. The van der Waals surface area contributed by atoms with Crippen LogP contribution in [0.3, 0.4) is 0 Å². The molecule has 7 nitrogen and oxygen atoms in total. The van der Waals surface area contributed by atoms with E-state index in [1.165, 1.54) is 0 Å². The summed E-state index contributed by atoms with van der Waals surface area (Å²) in [5, 5.41) is 4.57. The van der Waals surface area contributed by atoms with Gasteiger partial charge in [-0.3, -0.25) is 5.43 Å². The fourth-order valence-corrected chi connectivity index (χ4v) is 2.06. The summed E-state index contributed by atoms with van der Waals surface area (Å²) in [4.78, 5) is 24.3. The molecule has 25 heavy (non-hydrogen) atoms. The third-order valence-electron chi connectivity index (χ3n) is 3.01. The zero-order chi connectivity index (χ0) is 19.7. The Morgan fingerprint density at radius 1 is 0.920 bits per heavy atom. The number of nitrogens with one attached hydrogen (secondary N) is 2. The molecule has 0 spiro atoms. The van der Waals surface area contributed by atoms with Crippen LogP contribution in [-0.4, -0.2) is 41.1 Å². The molecule has 0 aromatic carbocycles. The number of rotatable bonds is 8. The molecular weight excluding hydrogens is 322 g/mol. The summed E-state index contributed by atoms with van der Waals surface area (Å²) in [6.45, 7) is 15.6. The Hall–Kier alpha value is -1.50. The van der Waals surface area contributed by atoms with Crippen LogP contribution >= 0.6 is 0 Å². The number of alkyl carbamates (subject to hydrolysis) is 1. The fraction of sp³-hybridized carbons (Fsp3) is 0.889. The first-order chi connectivity index (χ1) is 11.4. The van der Waals surface area contributed by atoms with Gasteiger partial charge in [0.1, 0.15) is 17.4 Å². The second kappa shape index (κ2) is 10.5. The van der Waals surface area contributed by atoms with E-state index in [2.05, 4.69) is 17.7 Å². The lowest BCUT2D eigenvalue weighted by molar-refractivity contribution is 0.00991. The van der Waals surface area contributed by atoms with E-state index in [-0.39, 0.29) is 6.17 Å². The average molecular weight is 360 g/mol. The maximum Gasteiger partial charge on any atom is 0.422 e. The lowest BCUT2D eigenvalue weighted by Crippen LogP contribution is -2.57. The lowest BCUT2D eigenvalue weighted by Gasteiger charge is -2.33. The molecular formula is C18H37N3O4. The number of hydrazine groups is 1. The number of unbranched alkanes of at least 4 members (excludes halogenated alkanes) is 1. The zero-order valence-corrected chi connectivity index (χ0v) is 17.2. The Bertz CT molecular complexity index is 414. The van der Waals surface area contributed by atoms with Crippen molar-refractivity contribution in [3.63, 3.8) is 0 Å². The van der Waals surface area contributed by atoms with Gasteiger partial charge in [-0.25, -0.2) is 9.59 Å². The van der Waals surface area contributed by atoms with Gasteiger partial charge in [0.2, 0.25) is 0 Å². The van der Waals surface area contributed by atoms with Crippen molar-refractivity contribution in [2.24, 2.45) is 0 Å². The van der Waals surface area contributed by atoms with Gasteiger partial charge in [-0.1, -0.05) is 26.7 Å². The van der Waals surface area contributed by atoms with Crippen molar-refractivity contribution in [3.05, 3.63) is 0 Å². The second-order valence-electron chi connectivity index (χ2n) is 8.11. The van der Waals surface area contributed by atoms with E-state index < -0.39 is 23.4 Å². The predicted octanol–water partition coefficient (Wildman–Crippen LogP) is 4.18. The third kappa shape index (κ3) is 12.5. The van der Waals surface area contributed by atoms with Crippen LogP contribution < -0.4 is 10.7 Å². The first-order valence-electron chi connectivity index (χ1n) is 9.13. The molecule has 0 rings (SSSR count). The minimum absolute atomic E-state index is 0.362. The Balaban J connectivity index is 5.04. The molecule has 0 fully saturated rings. The molecule has 0 aliphatic rings. The summed E-state index contributed by atoms with van der Waals surface area (Å²) in [6, 6.07) is 0. The van der Waals surface area contributed by atoms with Gasteiger partial charge in [0, 0.05) is 6.54 Å². The molecule has 7 heteroatoms. The van der Waals surface area contributed by atoms with Gasteiger partial charge in [0.25, 0.3) is 0 Å². The van der Waals surface area contributed by atoms with Crippen molar-refractivity contribution in [1.82, 2.24) is 15.8 Å². The predicted molar refractivity (Wildman–Crippen MR) is 99.0 cm³/mol. The maximum absolute atomic E-state index is 12.1. The number of amides is 2. The number of hydrogen-bond acceptors (Lipinski definition) is 5. The molecule has 2 N–H and O–H groups in total. The van der Waals surface area contributed by atoms with E-state index in [0.717, 1.165) is 19.3 Å². The van der Waals surface area contributed by atoms with Gasteiger partial charge in [0.15, 0.2) is 0 Å². The van der Waals surface area contributed by atoms with Crippen LogP contribution in [0.4, 0.5) is 9.59 Å². The van der Waals surface area contributed by atoms with Gasteiger partial charge in [-0.2, -0.15) is 5.01 Å². The van der Waals surface area contributed by atoms with Crippen LogP contribution in [0.2, 0.25) is 0 Å². The van der Waals surface area contributed by atoms with Crippen molar-refractivity contribution in [3.8, 4) is 0 Å². The quantitative estimate of drug-likeness (QED) is 0.502. The molecule has 0 aromatic heterocycles. The number of hydrogen-bond donors (Lipinski definition) is 2. The van der Waals surface area contributed by atoms with Gasteiger partial charge >= 0.3 is 12.2 Å². The molecule has 0 bridgehead atoms. The Kier molecular flexibility index (Phi) is 9.85. The molecule has 0 saturated heterocycles. The topological polar surface area (TPSA) is 79.9 Å². The molecule has 0 aliphatic heterocycles. The molecule has 1 unspecified atom stereocenters. The van der Waals surface area contributed by atoms with Gasteiger partial charge in [-0.15, -0.1) is 0 Å². The van der Waals surface area contributed by atoms with Crippen molar-refractivity contribution < 1.29 is 19.1 Å². The van der Waals surface area contributed by atoms with Crippen LogP contribution in [0.15, 0.2) is 0 Å². The van der Waals surface area contributed by atoms with Crippen molar-refractivity contribution in [2.45, 2.75) is 98.4 Å². The van der Waals surface area contributed by atoms with Crippen LogP contribution in [0.5, 0.6) is 0 Å². The summed E-state index contributed by atoms with van der Waals surface area (Å²) in [5.74, 6) is 0. The van der Waals surface area contributed by atoms with Crippen LogP contribution in [0, 0.1) is 0 Å². The van der Waals surface area contributed by atoms with Gasteiger partial charge in [0.05, 0.1) is 0 Å². The normalized spacial score (nSPS) is 13.3. The highest BCUT2D eigenvalue weighted by molar-refractivity contribution is 5.69. The largest absolute Gasteiger partial charge is 0.444 e. The van der Waals surface area contributed by atoms with Crippen molar-refractivity contribution in [2.75, 3.05) is 6.54 Å². The minimum Gasteiger partial charge on any atom is -0.444 e. The standard InChI is InChI=1S/C18H37N3O4/c1-9-11-13-21(20-16(23)25-18(6,7)8)14(12-10-2)19-15(22)24-17(3,4)5/h14H,9-13H2,1-8H3,(H,19,22)(H,20,23). The summed E-state index contributed by atoms with van der Waals surface area (Å²) in [7, 11) is 0. The van der Waals surface area contributed by atoms with E-state index in [4.69, 9.17) is 9.47 Å². The smallest absolute Gasteiger partial charge is 0.422 e. The summed E-state index contributed by atoms with van der Waals surface area (Å²) in [5.41, 5.74) is 1.60. The maximum atomic E-state index is 12.1. The minimum atomic E-state index is -0.584. The number of nitrogens with zero attached hydrogens (tertiary/aromatic N) is 1. The molecule has 0 heterocycles. The van der Waals surface area contributed by atoms with Crippen LogP contribution in [0.25, 0.3) is 0 Å². The lowest BCUT2D eigenvalue weighted by atomic mass is 10.2. The Labute approximate surface area is 152 Å². The summed E-state index contributed by atoms with van der Waals surface area (Å²) < 4.78 is 10.7. The highest BCUT2D eigenvalue weighted by Crippen LogP contribution is 2.11. The summed E-state index contributed by atoms with van der Waals surface area (Å²) in [6.07, 6.45) is 1.98. The first kappa shape index (κ1) is 23.5. The molecule has 0 saturated carbocycles. The molecule has 0 radical (unpaired) electrons. The number of carbonyl (C=O) groups excluding carboxylic acids is 2. The van der Waals surface area contributed by atoms with E-state index in [1.54, 1.807) is 5.01 Å². The van der Waals surface area contributed by atoms with E-state index in [0.29, 0.717) is 13.0 Å². The molecule has 1 atom stereocenters. The van der Waals surface area contributed by atoms with Crippen LogP contribution in [-0.2, 0) is 9.47 Å². The number of carbonyl (C=O) groups is 2. The molecule has 0 aromatic rings. The summed E-state index contributed by atoms with van der Waals surface area (Å²) >= 11 is 0. The first-order valence-corrected chi connectivity index (χ1v) is 9.13. The van der Waals surface area contributed by atoms with Gasteiger partial charge < -0.3 is 14.8 Å². The van der Waals surface area contributed by atoms with Crippen molar-refractivity contribution in [1.29, 1.82) is 0 Å². The van der Waals surface area contributed by atoms with E-state index in [1.807, 2.05) is 48.5 Å². The van der Waals surface area contributed by atoms with Crippen molar-refractivity contribution >= 4 is 12.2 Å². The third-order valence-corrected chi connectivity index (χ3v) is 3.01. The number of ether oxygens (including phenoxy) is 2. The Morgan fingerprint density at radius 2 is 1.44 bits per heavy atom. The van der Waals surface area contributed by atoms with E-state index >= 15 is 0 Å². The SMILES string of the molecule is CCCCN(NC(=O)OC(C)(C)C)C(CCC)NC(=O)OC(C)(C)C. The molecule has 0 aliphatic carbocycles. The molecule has 148 valence electrons. The van der Waals surface area contributed by atoms with Crippen LogP contribution in [0.1, 0.15) is 81.1 Å². The second-order valence-corrected chi connectivity index (χ2v) is 8.11. The highest BCUT2D eigenvalue weighted by atomic mass is 16.6. The zero-order valence-electron chi connectivity index (χ0n) is 17.2.